The Kier molecular flexibility index (Phi) is 6.01. The maximum absolute atomic E-state index is 11.3. The average molecular weight is 467 g/mol. The summed E-state index contributed by atoms with van der Waals surface area (Å²) in [5.74, 6) is 1.07. The largest absolute Gasteiger partial charge is 0.493 e. The van der Waals surface area contributed by atoms with Crippen LogP contribution in [0.2, 0.25) is 0 Å². The van der Waals surface area contributed by atoms with Crippen molar-refractivity contribution in [3.63, 3.8) is 0 Å². The summed E-state index contributed by atoms with van der Waals surface area (Å²) >= 11 is 3.44. The Bertz CT molecular complexity index is 1070. The van der Waals surface area contributed by atoms with Gasteiger partial charge in [-0.25, -0.2) is 13.6 Å². The SMILES string of the molecule is CCOc1cc(-c2nnc(N(C)Cc3ccc(S(N)(=O)=O)cc3)o2)ccc1Br. The minimum Gasteiger partial charge on any atom is -0.493 e. The van der Waals surface area contributed by atoms with Crippen LogP contribution in [0.15, 0.2) is 56.2 Å². The van der Waals surface area contributed by atoms with Gasteiger partial charge in [0, 0.05) is 19.2 Å². The number of sulfonamides is 1. The first-order valence-electron chi connectivity index (χ1n) is 8.37. The van der Waals surface area contributed by atoms with Crippen LogP contribution < -0.4 is 14.8 Å². The van der Waals surface area contributed by atoms with E-state index in [0.29, 0.717) is 30.8 Å². The lowest BCUT2D eigenvalue weighted by Gasteiger charge is -2.14. The lowest BCUT2D eigenvalue weighted by Crippen LogP contribution is -2.17. The predicted molar refractivity (Wildman–Crippen MR) is 109 cm³/mol. The third kappa shape index (κ3) is 4.70. The highest BCUT2D eigenvalue weighted by atomic mass is 79.9. The normalized spacial score (nSPS) is 11.4. The second-order valence-electron chi connectivity index (χ2n) is 6.01. The molecule has 0 saturated carbocycles. The highest BCUT2D eigenvalue weighted by Gasteiger charge is 2.15. The average Bonchev–Trinajstić information content (AvgIpc) is 3.14. The molecule has 0 radical (unpaired) electrons. The van der Waals surface area contributed by atoms with Gasteiger partial charge >= 0.3 is 6.01 Å². The molecule has 2 aromatic carbocycles. The molecule has 3 rings (SSSR count). The molecule has 1 aromatic heterocycles. The van der Waals surface area contributed by atoms with Crippen molar-refractivity contribution >= 4 is 32.0 Å². The minimum atomic E-state index is -3.71. The quantitative estimate of drug-likeness (QED) is 0.568. The van der Waals surface area contributed by atoms with Gasteiger partial charge < -0.3 is 14.1 Å². The first-order valence-corrected chi connectivity index (χ1v) is 10.7. The van der Waals surface area contributed by atoms with Gasteiger partial charge in [-0.15, -0.1) is 5.10 Å². The molecule has 0 atom stereocenters. The van der Waals surface area contributed by atoms with E-state index in [1.54, 1.807) is 24.1 Å². The van der Waals surface area contributed by atoms with Crippen molar-refractivity contribution in [1.82, 2.24) is 10.2 Å². The van der Waals surface area contributed by atoms with E-state index in [0.717, 1.165) is 15.6 Å². The molecule has 0 aliphatic heterocycles. The van der Waals surface area contributed by atoms with E-state index in [9.17, 15) is 8.42 Å². The zero-order chi connectivity index (χ0) is 20.3. The smallest absolute Gasteiger partial charge is 0.318 e. The lowest BCUT2D eigenvalue weighted by atomic mass is 10.2. The summed E-state index contributed by atoms with van der Waals surface area (Å²) in [7, 11) is -1.90. The van der Waals surface area contributed by atoms with Crippen molar-refractivity contribution in [3.8, 4) is 17.2 Å². The summed E-state index contributed by atoms with van der Waals surface area (Å²) in [5.41, 5.74) is 1.62. The van der Waals surface area contributed by atoms with E-state index in [-0.39, 0.29) is 4.90 Å². The summed E-state index contributed by atoms with van der Waals surface area (Å²) in [5, 5.41) is 13.3. The molecule has 0 unspecified atom stereocenters. The summed E-state index contributed by atoms with van der Waals surface area (Å²) < 4.78 is 34.9. The standard InChI is InChI=1S/C18H19BrN4O4S/c1-3-26-16-10-13(6-9-15(16)19)17-21-22-18(27-17)23(2)11-12-4-7-14(8-5-12)28(20,24)25/h4-10H,3,11H2,1-2H3,(H2,20,24,25). The van der Waals surface area contributed by atoms with Crippen LogP contribution in [-0.2, 0) is 16.6 Å². The molecule has 28 heavy (non-hydrogen) atoms. The van der Waals surface area contributed by atoms with Gasteiger partial charge in [-0.3, -0.25) is 0 Å². The second-order valence-corrected chi connectivity index (χ2v) is 8.43. The number of hydrogen-bond donors (Lipinski definition) is 1. The number of nitrogens with zero attached hydrogens (tertiary/aromatic N) is 3. The molecule has 148 valence electrons. The number of nitrogens with two attached hydrogens (primary N) is 1. The molecule has 0 fully saturated rings. The molecule has 0 saturated heterocycles. The van der Waals surface area contributed by atoms with Crippen LogP contribution in [0.5, 0.6) is 5.75 Å². The van der Waals surface area contributed by atoms with Crippen molar-refractivity contribution in [3.05, 3.63) is 52.5 Å². The van der Waals surface area contributed by atoms with Gasteiger partial charge in [-0.1, -0.05) is 17.2 Å². The van der Waals surface area contributed by atoms with Gasteiger partial charge in [0.2, 0.25) is 15.9 Å². The lowest BCUT2D eigenvalue weighted by molar-refractivity contribution is 0.338. The fourth-order valence-electron chi connectivity index (χ4n) is 2.51. The number of anilines is 1. The molecule has 0 aliphatic rings. The molecule has 0 bridgehead atoms. The molecular weight excluding hydrogens is 448 g/mol. The third-order valence-corrected chi connectivity index (χ3v) is 5.47. The van der Waals surface area contributed by atoms with Gasteiger partial charge in [-0.05, 0) is 58.7 Å². The first kappa shape index (κ1) is 20.3. The van der Waals surface area contributed by atoms with Crippen LogP contribution in [0.1, 0.15) is 12.5 Å². The van der Waals surface area contributed by atoms with Crippen molar-refractivity contribution in [2.24, 2.45) is 5.14 Å². The zero-order valence-corrected chi connectivity index (χ0v) is 17.7. The van der Waals surface area contributed by atoms with Crippen LogP contribution in [0.25, 0.3) is 11.5 Å². The van der Waals surface area contributed by atoms with Gasteiger partial charge in [0.15, 0.2) is 0 Å². The number of aromatic nitrogens is 2. The number of halogens is 1. The minimum absolute atomic E-state index is 0.0688. The number of rotatable bonds is 7. The summed E-state index contributed by atoms with van der Waals surface area (Å²) in [6, 6.07) is 12.2. The maximum Gasteiger partial charge on any atom is 0.318 e. The topological polar surface area (TPSA) is 112 Å². The van der Waals surface area contributed by atoms with E-state index >= 15 is 0 Å². The van der Waals surface area contributed by atoms with E-state index in [1.165, 1.54) is 12.1 Å². The van der Waals surface area contributed by atoms with E-state index < -0.39 is 10.0 Å². The van der Waals surface area contributed by atoms with Crippen molar-refractivity contribution in [2.75, 3.05) is 18.6 Å². The molecule has 3 aromatic rings. The van der Waals surface area contributed by atoms with Crippen LogP contribution in [0, 0.1) is 0 Å². The highest BCUT2D eigenvalue weighted by Crippen LogP contribution is 2.31. The highest BCUT2D eigenvalue weighted by molar-refractivity contribution is 9.10. The van der Waals surface area contributed by atoms with Gasteiger partial charge in [0.1, 0.15) is 5.75 Å². The molecule has 0 spiro atoms. The Morgan fingerprint density at radius 3 is 2.54 bits per heavy atom. The third-order valence-electron chi connectivity index (χ3n) is 3.89. The summed E-state index contributed by atoms with van der Waals surface area (Å²) in [4.78, 5) is 1.84. The maximum atomic E-state index is 11.3. The Hall–Kier alpha value is -2.43. The van der Waals surface area contributed by atoms with Crippen LogP contribution in [0.4, 0.5) is 6.01 Å². The Balaban J connectivity index is 1.75. The molecule has 10 heteroatoms. The van der Waals surface area contributed by atoms with E-state index in [1.807, 2.05) is 25.1 Å². The van der Waals surface area contributed by atoms with Crippen LogP contribution in [-0.4, -0.2) is 32.3 Å². The summed E-state index contributed by atoms with van der Waals surface area (Å²) in [6.07, 6.45) is 0. The van der Waals surface area contributed by atoms with Crippen LogP contribution >= 0.6 is 15.9 Å². The zero-order valence-electron chi connectivity index (χ0n) is 15.3. The van der Waals surface area contributed by atoms with Gasteiger partial charge in [-0.2, -0.15) is 0 Å². The summed E-state index contributed by atoms with van der Waals surface area (Å²) in [6.45, 7) is 2.91. The van der Waals surface area contributed by atoms with Gasteiger partial charge in [0.25, 0.3) is 0 Å². The van der Waals surface area contributed by atoms with E-state index in [2.05, 4.69) is 26.1 Å². The Morgan fingerprint density at radius 1 is 1.18 bits per heavy atom. The number of primary sulfonamides is 1. The predicted octanol–water partition coefficient (Wildman–Crippen LogP) is 3.18. The number of benzene rings is 2. The van der Waals surface area contributed by atoms with Crippen molar-refractivity contribution in [2.45, 2.75) is 18.4 Å². The van der Waals surface area contributed by atoms with Crippen LogP contribution in [0.3, 0.4) is 0 Å². The first-order chi connectivity index (χ1) is 13.3. The fourth-order valence-corrected chi connectivity index (χ4v) is 3.39. The molecule has 0 amide bonds. The Morgan fingerprint density at radius 2 is 1.89 bits per heavy atom. The fraction of sp³-hybridized carbons (Fsp3) is 0.222. The van der Waals surface area contributed by atoms with E-state index in [4.69, 9.17) is 14.3 Å². The molecular formula is C18H19BrN4O4S. The molecule has 0 aliphatic carbocycles. The second kappa shape index (κ2) is 8.29. The number of ether oxygens (including phenoxy) is 1. The van der Waals surface area contributed by atoms with Crippen molar-refractivity contribution in [1.29, 1.82) is 0 Å². The monoisotopic (exact) mass is 466 g/mol. The van der Waals surface area contributed by atoms with Gasteiger partial charge in [0.05, 0.1) is 16.0 Å². The molecule has 1 heterocycles. The Labute approximate surface area is 171 Å². The van der Waals surface area contributed by atoms with Crippen molar-refractivity contribution < 1.29 is 17.6 Å². The molecule has 8 nitrogen and oxygen atoms in total. The molecule has 2 N–H and O–H groups in total. The number of hydrogen-bond acceptors (Lipinski definition) is 7.